The molecule has 24 heavy (non-hydrogen) atoms. The topological polar surface area (TPSA) is 95.7 Å². The van der Waals surface area contributed by atoms with E-state index in [-0.39, 0.29) is 23.5 Å². The summed E-state index contributed by atoms with van der Waals surface area (Å²) in [5, 5.41) is 11.3. The van der Waals surface area contributed by atoms with Gasteiger partial charge in [0.05, 0.1) is 23.7 Å². The van der Waals surface area contributed by atoms with Crippen molar-refractivity contribution < 1.29 is 24.0 Å². The highest BCUT2D eigenvalue weighted by atomic mass is 16.6. The quantitative estimate of drug-likeness (QED) is 0.266. The van der Waals surface area contributed by atoms with Crippen LogP contribution < -0.4 is 9.47 Å². The van der Waals surface area contributed by atoms with Gasteiger partial charge >= 0.3 is 5.97 Å². The number of carbonyl (C=O) groups is 2. The molecule has 0 aliphatic heterocycles. The van der Waals surface area contributed by atoms with Gasteiger partial charge in [-0.05, 0) is 5.56 Å². The van der Waals surface area contributed by atoms with E-state index in [1.807, 2.05) is 6.07 Å². The fraction of sp³-hybridized carbons (Fsp3) is 0.176. The lowest BCUT2D eigenvalue weighted by Crippen LogP contribution is -2.10. The molecule has 0 atom stereocenters. The molecule has 0 spiro atoms. The van der Waals surface area contributed by atoms with Crippen LogP contribution in [0.2, 0.25) is 0 Å². The van der Waals surface area contributed by atoms with E-state index in [9.17, 15) is 19.7 Å². The molecule has 0 radical (unpaired) electrons. The molecule has 0 unspecified atom stereocenters. The van der Waals surface area contributed by atoms with Crippen molar-refractivity contribution >= 4 is 17.4 Å². The van der Waals surface area contributed by atoms with Gasteiger partial charge in [-0.3, -0.25) is 19.7 Å². The maximum atomic E-state index is 12.5. The summed E-state index contributed by atoms with van der Waals surface area (Å²) in [6.45, 7) is 1.17. The first kappa shape index (κ1) is 17.1. The van der Waals surface area contributed by atoms with E-state index in [4.69, 9.17) is 9.47 Å². The summed E-state index contributed by atoms with van der Waals surface area (Å²) in [5.74, 6) is -1.10. The fourth-order valence-electron chi connectivity index (χ4n) is 2.19. The summed E-state index contributed by atoms with van der Waals surface area (Å²) in [6, 6.07) is 11.1. The molecule has 0 fully saturated rings. The van der Waals surface area contributed by atoms with Gasteiger partial charge in [-0.1, -0.05) is 30.3 Å². The molecule has 0 amide bonds. The Labute approximate surface area is 138 Å². The average molecular weight is 329 g/mol. The van der Waals surface area contributed by atoms with Crippen molar-refractivity contribution in [3.05, 3.63) is 63.7 Å². The first-order chi connectivity index (χ1) is 11.4. The second kappa shape index (κ2) is 7.36. The number of ether oxygens (including phenoxy) is 2. The van der Waals surface area contributed by atoms with Crippen LogP contribution in [0.25, 0.3) is 0 Å². The van der Waals surface area contributed by atoms with E-state index in [1.54, 1.807) is 24.3 Å². The summed E-state index contributed by atoms with van der Waals surface area (Å²) in [4.78, 5) is 34.2. The number of rotatable bonds is 6. The molecule has 0 saturated heterocycles. The number of nitrogens with zero attached hydrogens (tertiary/aromatic N) is 1. The van der Waals surface area contributed by atoms with Crippen LogP contribution in [0.5, 0.6) is 11.5 Å². The van der Waals surface area contributed by atoms with Gasteiger partial charge < -0.3 is 9.47 Å². The van der Waals surface area contributed by atoms with Crippen LogP contribution in [0.15, 0.2) is 42.5 Å². The smallest absolute Gasteiger partial charge is 0.308 e. The van der Waals surface area contributed by atoms with Crippen molar-refractivity contribution in [1.82, 2.24) is 0 Å². The Kier molecular flexibility index (Phi) is 5.26. The lowest BCUT2D eigenvalue weighted by molar-refractivity contribution is -0.385. The molecule has 7 heteroatoms. The number of nitro benzene ring substituents is 1. The Hall–Kier alpha value is -3.22. The zero-order valence-electron chi connectivity index (χ0n) is 13.1. The third kappa shape index (κ3) is 3.95. The molecule has 0 saturated carbocycles. The highest BCUT2D eigenvalue weighted by Gasteiger charge is 2.25. The number of benzene rings is 2. The van der Waals surface area contributed by atoms with Crippen molar-refractivity contribution in [2.24, 2.45) is 0 Å². The van der Waals surface area contributed by atoms with Crippen molar-refractivity contribution in [3.63, 3.8) is 0 Å². The van der Waals surface area contributed by atoms with Gasteiger partial charge in [0.15, 0.2) is 17.3 Å². The van der Waals surface area contributed by atoms with Crippen LogP contribution in [-0.4, -0.2) is 23.8 Å². The van der Waals surface area contributed by atoms with Gasteiger partial charge in [0.25, 0.3) is 5.69 Å². The molecule has 2 aromatic rings. The number of nitro groups is 1. The molecular weight excluding hydrogens is 314 g/mol. The predicted molar refractivity (Wildman–Crippen MR) is 85.4 cm³/mol. The molecule has 0 N–H and O–H groups in total. The first-order valence-electron chi connectivity index (χ1n) is 7.04. The molecule has 0 aromatic heterocycles. The largest absolute Gasteiger partial charge is 0.493 e. The molecule has 2 rings (SSSR count). The minimum absolute atomic E-state index is 0.0117. The van der Waals surface area contributed by atoms with Crippen molar-refractivity contribution in [1.29, 1.82) is 0 Å². The number of ketones is 1. The second-order valence-corrected chi connectivity index (χ2v) is 4.96. The third-order valence-corrected chi connectivity index (χ3v) is 3.24. The number of carbonyl (C=O) groups excluding carboxylic acids is 2. The second-order valence-electron chi connectivity index (χ2n) is 4.96. The summed E-state index contributed by atoms with van der Waals surface area (Å²) in [7, 11) is 1.32. The maximum Gasteiger partial charge on any atom is 0.308 e. The molecule has 124 valence electrons. The van der Waals surface area contributed by atoms with E-state index in [0.29, 0.717) is 0 Å². The van der Waals surface area contributed by atoms with Crippen LogP contribution in [0.1, 0.15) is 22.8 Å². The average Bonchev–Trinajstić information content (AvgIpc) is 2.54. The highest BCUT2D eigenvalue weighted by Crippen LogP contribution is 2.35. The van der Waals surface area contributed by atoms with Crippen molar-refractivity contribution in [2.75, 3.05) is 7.11 Å². The molecule has 0 heterocycles. The minimum atomic E-state index is -0.690. The Morgan fingerprint density at radius 2 is 1.79 bits per heavy atom. The number of methoxy groups -OCH3 is 1. The first-order valence-corrected chi connectivity index (χ1v) is 7.04. The van der Waals surface area contributed by atoms with Crippen molar-refractivity contribution in [3.8, 4) is 11.5 Å². The fourth-order valence-corrected chi connectivity index (χ4v) is 2.19. The van der Waals surface area contributed by atoms with Crippen LogP contribution in [-0.2, 0) is 11.2 Å². The molecular formula is C17H15NO6. The van der Waals surface area contributed by atoms with Gasteiger partial charge in [-0.2, -0.15) is 0 Å². The summed E-state index contributed by atoms with van der Waals surface area (Å²) >= 11 is 0. The lowest BCUT2D eigenvalue weighted by Gasteiger charge is -2.10. The number of esters is 1. The molecule has 2 aromatic carbocycles. The maximum absolute atomic E-state index is 12.5. The molecule has 0 bridgehead atoms. The van der Waals surface area contributed by atoms with Crippen LogP contribution in [0, 0.1) is 10.1 Å². The van der Waals surface area contributed by atoms with E-state index in [2.05, 4.69) is 0 Å². The van der Waals surface area contributed by atoms with Crippen LogP contribution in [0.4, 0.5) is 5.69 Å². The number of Topliss-reactive ketones (excluding diaryl/α,β-unsaturated/α-hetero) is 1. The Bertz CT molecular complexity index is 785. The standard InChI is InChI=1S/C17H15NO6/c1-11(19)24-17-10-14(18(21)22)13(9-16(17)23-2)15(20)8-12-6-4-3-5-7-12/h3-7,9-10H,8H2,1-2H3. The third-order valence-electron chi connectivity index (χ3n) is 3.24. The predicted octanol–water partition coefficient (Wildman–Crippen LogP) is 2.95. The number of hydrogen-bond donors (Lipinski definition) is 0. The van der Waals surface area contributed by atoms with Crippen LogP contribution in [0.3, 0.4) is 0 Å². The van der Waals surface area contributed by atoms with Crippen molar-refractivity contribution in [2.45, 2.75) is 13.3 Å². The Morgan fingerprint density at radius 1 is 1.12 bits per heavy atom. The van der Waals surface area contributed by atoms with E-state index >= 15 is 0 Å². The molecule has 7 nitrogen and oxygen atoms in total. The Balaban J connectivity index is 2.45. The normalized spacial score (nSPS) is 10.1. The van der Waals surface area contributed by atoms with Gasteiger partial charge in [-0.15, -0.1) is 0 Å². The van der Waals surface area contributed by atoms with Gasteiger partial charge in [0.1, 0.15) is 0 Å². The monoisotopic (exact) mass is 329 g/mol. The summed E-state index contributed by atoms with van der Waals surface area (Å²) < 4.78 is 9.97. The SMILES string of the molecule is COc1cc(C(=O)Cc2ccccc2)c([N+](=O)[O-])cc1OC(C)=O. The van der Waals surface area contributed by atoms with Gasteiger partial charge in [-0.25, -0.2) is 0 Å². The van der Waals surface area contributed by atoms with Crippen LogP contribution >= 0.6 is 0 Å². The zero-order valence-corrected chi connectivity index (χ0v) is 13.1. The zero-order chi connectivity index (χ0) is 17.7. The number of hydrogen-bond acceptors (Lipinski definition) is 6. The van der Waals surface area contributed by atoms with E-state index < -0.39 is 22.4 Å². The molecule has 0 aliphatic carbocycles. The minimum Gasteiger partial charge on any atom is -0.493 e. The summed E-state index contributed by atoms with van der Waals surface area (Å²) in [6.07, 6.45) is 0.0117. The van der Waals surface area contributed by atoms with Gasteiger partial charge in [0, 0.05) is 19.4 Å². The molecule has 0 aliphatic rings. The highest BCUT2D eigenvalue weighted by molar-refractivity contribution is 6.02. The lowest BCUT2D eigenvalue weighted by atomic mass is 10.0. The van der Waals surface area contributed by atoms with E-state index in [0.717, 1.165) is 11.6 Å². The van der Waals surface area contributed by atoms with E-state index in [1.165, 1.54) is 20.1 Å². The Morgan fingerprint density at radius 3 is 2.33 bits per heavy atom. The summed E-state index contributed by atoms with van der Waals surface area (Å²) in [5.41, 5.74) is 0.199. The van der Waals surface area contributed by atoms with Gasteiger partial charge in [0.2, 0.25) is 0 Å².